The molecular formula is C14H15ClN2O2S. The fourth-order valence-corrected chi connectivity index (χ4v) is 2.01. The van der Waals surface area contributed by atoms with Crippen LogP contribution < -0.4 is 0 Å². The van der Waals surface area contributed by atoms with Crippen LogP contribution in [-0.4, -0.2) is 20.7 Å². The van der Waals surface area contributed by atoms with Gasteiger partial charge < -0.3 is 9.08 Å². The Balaban J connectivity index is 2.13. The van der Waals surface area contributed by atoms with Gasteiger partial charge in [-0.3, -0.25) is 0 Å². The van der Waals surface area contributed by atoms with E-state index in [1.165, 1.54) is 6.21 Å². The van der Waals surface area contributed by atoms with Crippen LogP contribution in [0, 0.1) is 0 Å². The average molecular weight is 311 g/mol. The first-order chi connectivity index (χ1) is 9.36. The molecule has 1 aromatic carbocycles. The maximum atomic E-state index is 11.8. The topological polar surface area (TPSA) is 61.5 Å². The van der Waals surface area contributed by atoms with Gasteiger partial charge in [-0.15, -0.1) is 0 Å². The lowest BCUT2D eigenvalue weighted by atomic mass is 10.2. The lowest BCUT2D eigenvalue weighted by Gasteiger charge is -2.17. The normalized spacial score (nSPS) is 13.8. The second-order valence-electron chi connectivity index (χ2n) is 5.22. The molecule has 1 unspecified atom stereocenters. The Bertz CT molecular complexity index is 602. The number of benzene rings is 1. The van der Waals surface area contributed by atoms with Gasteiger partial charge >= 0.3 is 0 Å². The van der Waals surface area contributed by atoms with Gasteiger partial charge in [-0.1, -0.05) is 21.2 Å². The summed E-state index contributed by atoms with van der Waals surface area (Å²) < 4.78 is 20.6. The molecule has 1 aromatic heterocycles. The van der Waals surface area contributed by atoms with Crippen LogP contribution >= 0.6 is 11.6 Å². The van der Waals surface area contributed by atoms with E-state index in [1.54, 1.807) is 18.2 Å². The van der Waals surface area contributed by atoms with Crippen molar-refractivity contribution in [2.45, 2.75) is 25.5 Å². The van der Waals surface area contributed by atoms with Crippen molar-refractivity contribution in [1.29, 1.82) is 0 Å². The molecule has 2 aromatic rings. The van der Waals surface area contributed by atoms with Crippen molar-refractivity contribution in [1.82, 2.24) is 5.16 Å². The van der Waals surface area contributed by atoms with Crippen LogP contribution in [-0.2, 0) is 11.4 Å². The van der Waals surface area contributed by atoms with E-state index in [9.17, 15) is 4.55 Å². The van der Waals surface area contributed by atoms with Crippen LogP contribution in [0.1, 0.15) is 26.5 Å². The van der Waals surface area contributed by atoms with E-state index in [-0.39, 0.29) is 4.75 Å². The molecule has 0 aliphatic carbocycles. The third-order valence-corrected chi connectivity index (χ3v) is 4.06. The minimum Gasteiger partial charge on any atom is -0.591 e. The Labute approximate surface area is 126 Å². The molecule has 2 rings (SSSR count). The van der Waals surface area contributed by atoms with Crippen molar-refractivity contribution in [3.8, 4) is 11.3 Å². The molecule has 0 saturated heterocycles. The Hall–Kier alpha value is -1.30. The third-order valence-electron chi connectivity index (χ3n) is 2.46. The molecule has 0 spiro atoms. The van der Waals surface area contributed by atoms with Crippen LogP contribution in [0.15, 0.2) is 39.3 Å². The van der Waals surface area contributed by atoms with Gasteiger partial charge in [0.05, 0.1) is 0 Å². The SMILES string of the molecule is CC(C)(C)[S+]([O-])N=Cc1cc(-c2ccc(Cl)cc2)on1. The van der Waals surface area contributed by atoms with Gasteiger partial charge in [0.25, 0.3) is 0 Å². The highest BCUT2D eigenvalue weighted by atomic mass is 35.5. The Morgan fingerprint density at radius 2 is 1.95 bits per heavy atom. The molecule has 0 bridgehead atoms. The first-order valence-electron chi connectivity index (χ1n) is 6.05. The molecule has 1 heterocycles. The van der Waals surface area contributed by atoms with Crippen LogP contribution in [0.3, 0.4) is 0 Å². The zero-order valence-electron chi connectivity index (χ0n) is 11.5. The van der Waals surface area contributed by atoms with Gasteiger partial charge in [0.2, 0.25) is 0 Å². The van der Waals surface area contributed by atoms with E-state index in [0.717, 1.165) is 5.56 Å². The minimum absolute atomic E-state index is 0.390. The summed E-state index contributed by atoms with van der Waals surface area (Å²) in [5.41, 5.74) is 1.41. The average Bonchev–Trinajstić information content (AvgIpc) is 2.84. The molecule has 106 valence electrons. The Morgan fingerprint density at radius 1 is 1.30 bits per heavy atom. The molecule has 20 heavy (non-hydrogen) atoms. The number of halogens is 1. The van der Waals surface area contributed by atoms with Gasteiger partial charge in [-0.05, 0) is 45.0 Å². The second-order valence-corrected chi connectivity index (χ2v) is 7.59. The second kappa shape index (κ2) is 5.99. The number of hydrogen-bond donors (Lipinski definition) is 0. The number of rotatable bonds is 3. The first-order valence-corrected chi connectivity index (χ1v) is 7.53. The maximum absolute atomic E-state index is 11.8. The standard InChI is InChI=1S/C14H15ClN2O2S/c1-14(2,3)20(18)16-9-12-8-13(19-17-12)10-4-6-11(15)7-5-10/h4-9H,1-3H3. The van der Waals surface area contributed by atoms with Gasteiger partial charge in [-0.25, -0.2) is 0 Å². The number of aromatic nitrogens is 1. The van der Waals surface area contributed by atoms with Crippen molar-refractivity contribution in [2.75, 3.05) is 0 Å². The quantitative estimate of drug-likeness (QED) is 0.638. The molecule has 0 aliphatic rings. The largest absolute Gasteiger partial charge is 0.591 e. The predicted octanol–water partition coefficient (Wildman–Crippen LogP) is 3.88. The van der Waals surface area contributed by atoms with Crippen molar-refractivity contribution in [2.24, 2.45) is 4.40 Å². The monoisotopic (exact) mass is 310 g/mol. The van der Waals surface area contributed by atoms with E-state index in [0.29, 0.717) is 16.5 Å². The summed E-state index contributed by atoms with van der Waals surface area (Å²) in [6.45, 7) is 5.59. The van der Waals surface area contributed by atoms with E-state index < -0.39 is 11.4 Å². The van der Waals surface area contributed by atoms with Crippen LogP contribution in [0.5, 0.6) is 0 Å². The van der Waals surface area contributed by atoms with Crippen molar-refractivity contribution in [3.63, 3.8) is 0 Å². The van der Waals surface area contributed by atoms with Crippen LogP contribution in [0.4, 0.5) is 0 Å². The predicted molar refractivity (Wildman–Crippen MR) is 82.4 cm³/mol. The zero-order valence-corrected chi connectivity index (χ0v) is 13.0. The molecule has 0 fully saturated rings. The highest BCUT2D eigenvalue weighted by Crippen LogP contribution is 2.22. The Kier molecular flexibility index (Phi) is 4.52. The van der Waals surface area contributed by atoms with Crippen molar-refractivity contribution >= 4 is 29.2 Å². The number of nitrogens with zero attached hydrogens (tertiary/aromatic N) is 2. The molecule has 0 amide bonds. The fourth-order valence-electron chi connectivity index (χ4n) is 1.36. The summed E-state index contributed by atoms with van der Waals surface area (Å²) in [5, 5.41) is 4.54. The van der Waals surface area contributed by atoms with E-state index in [1.807, 2.05) is 32.9 Å². The van der Waals surface area contributed by atoms with Crippen molar-refractivity contribution < 1.29 is 9.08 Å². The summed E-state index contributed by atoms with van der Waals surface area (Å²) in [6, 6.07) is 8.99. The molecule has 0 N–H and O–H groups in total. The Morgan fingerprint density at radius 3 is 2.55 bits per heavy atom. The molecule has 0 aliphatic heterocycles. The van der Waals surface area contributed by atoms with Crippen molar-refractivity contribution in [3.05, 3.63) is 41.0 Å². The van der Waals surface area contributed by atoms with E-state index >= 15 is 0 Å². The van der Waals surface area contributed by atoms with E-state index in [4.69, 9.17) is 16.1 Å². The zero-order chi connectivity index (χ0) is 14.8. The molecule has 1 atom stereocenters. The fraction of sp³-hybridized carbons (Fsp3) is 0.286. The highest BCUT2D eigenvalue weighted by molar-refractivity contribution is 7.91. The summed E-state index contributed by atoms with van der Waals surface area (Å²) in [5.74, 6) is 0.615. The van der Waals surface area contributed by atoms with Gasteiger partial charge in [0.1, 0.15) is 28.0 Å². The molecule has 6 heteroatoms. The van der Waals surface area contributed by atoms with Crippen LogP contribution in [0.25, 0.3) is 11.3 Å². The van der Waals surface area contributed by atoms with Gasteiger partial charge in [-0.2, -0.15) is 0 Å². The number of hydrogen-bond acceptors (Lipinski definition) is 4. The van der Waals surface area contributed by atoms with Crippen LogP contribution in [0.2, 0.25) is 5.02 Å². The lowest BCUT2D eigenvalue weighted by Crippen LogP contribution is -2.25. The summed E-state index contributed by atoms with van der Waals surface area (Å²) in [6.07, 6.45) is 1.46. The first kappa shape index (κ1) is 15.1. The molecule has 0 radical (unpaired) electrons. The molecule has 0 saturated carbocycles. The maximum Gasteiger partial charge on any atom is 0.167 e. The summed E-state index contributed by atoms with van der Waals surface area (Å²) in [4.78, 5) is 0. The molecule has 4 nitrogen and oxygen atoms in total. The minimum atomic E-state index is -1.31. The lowest BCUT2D eigenvalue weighted by molar-refractivity contribution is 0.431. The summed E-state index contributed by atoms with van der Waals surface area (Å²) in [7, 11) is 0. The van der Waals surface area contributed by atoms with Gasteiger partial charge in [0, 0.05) is 16.7 Å². The third kappa shape index (κ3) is 3.85. The van der Waals surface area contributed by atoms with E-state index in [2.05, 4.69) is 9.55 Å². The molecular weight excluding hydrogens is 296 g/mol. The highest BCUT2D eigenvalue weighted by Gasteiger charge is 2.25. The summed E-state index contributed by atoms with van der Waals surface area (Å²) >= 11 is 4.52. The van der Waals surface area contributed by atoms with Gasteiger partial charge in [0.15, 0.2) is 5.76 Å². The smallest absolute Gasteiger partial charge is 0.167 e.